The van der Waals surface area contributed by atoms with Gasteiger partial charge < -0.3 is 5.32 Å². The van der Waals surface area contributed by atoms with Crippen LogP contribution in [-0.2, 0) is 10.0 Å². The Balaban J connectivity index is 1.93. The first-order valence-electron chi connectivity index (χ1n) is 8.52. The molecule has 0 unspecified atom stereocenters. The van der Waals surface area contributed by atoms with E-state index in [1.54, 1.807) is 60.3 Å². The Morgan fingerprint density at radius 1 is 0.929 bits per heavy atom. The maximum atomic E-state index is 12.9. The SMILES string of the molecule is CSc1cccc(NC(=O)c2ccccc2N(C)S(=O)(=O)c2ccccc2)c1. The molecule has 0 aliphatic carbocycles. The van der Waals surface area contributed by atoms with E-state index in [0.29, 0.717) is 11.4 Å². The number of nitrogens with zero attached hydrogens (tertiary/aromatic N) is 1. The lowest BCUT2D eigenvalue weighted by Crippen LogP contribution is -2.29. The molecule has 3 aromatic rings. The van der Waals surface area contributed by atoms with E-state index >= 15 is 0 Å². The summed E-state index contributed by atoms with van der Waals surface area (Å²) in [6.07, 6.45) is 1.96. The maximum Gasteiger partial charge on any atom is 0.264 e. The van der Waals surface area contributed by atoms with Crippen LogP contribution in [0, 0.1) is 0 Å². The average molecular weight is 413 g/mol. The second-order valence-electron chi connectivity index (χ2n) is 5.99. The van der Waals surface area contributed by atoms with Crippen molar-refractivity contribution in [3.63, 3.8) is 0 Å². The Hall–Kier alpha value is -2.77. The Labute approximate surface area is 169 Å². The molecule has 0 bridgehead atoms. The van der Waals surface area contributed by atoms with Crippen molar-refractivity contribution in [3.05, 3.63) is 84.4 Å². The van der Waals surface area contributed by atoms with E-state index < -0.39 is 10.0 Å². The second-order valence-corrected chi connectivity index (χ2v) is 8.84. The highest BCUT2D eigenvalue weighted by molar-refractivity contribution is 7.98. The summed E-state index contributed by atoms with van der Waals surface area (Å²) in [6.45, 7) is 0. The van der Waals surface area contributed by atoms with E-state index in [-0.39, 0.29) is 16.4 Å². The summed E-state index contributed by atoms with van der Waals surface area (Å²) in [4.78, 5) is 14.1. The van der Waals surface area contributed by atoms with Gasteiger partial charge in [-0.05, 0) is 48.7 Å². The summed E-state index contributed by atoms with van der Waals surface area (Å²) in [5.41, 5.74) is 1.24. The first-order valence-corrected chi connectivity index (χ1v) is 11.2. The smallest absolute Gasteiger partial charge is 0.264 e. The number of amides is 1. The van der Waals surface area contributed by atoms with Crippen molar-refractivity contribution >= 4 is 39.1 Å². The molecule has 0 heterocycles. The van der Waals surface area contributed by atoms with E-state index in [2.05, 4.69) is 5.32 Å². The number of hydrogen-bond donors (Lipinski definition) is 1. The molecule has 0 aliphatic rings. The fraction of sp³-hybridized carbons (Fsp3) is 0.0952. The van der Waals surface area contributed by atoms with Crippen LogP contribution in [0.1, 0.15) is 10.4 Å². The molecule has 0 fully saturated rings. The molecule has 3 aromatic carbocycles. The summed E-state index contributed by atoms with van der Waals surface area (Å²) in [7, 11) is -2.33. The van der Waals surface area contributed by atoms with Gasteiger partial charge in [0.1, 0.15) is 0 Å². The van der Waals surface area contributed by atoms with Gasteiger partial charge in [0.25, 0.3) is 15.9 Å². The first kappa shape index (κ1) is 20.0. The van der Waals surface area contributed by atoms with Gasteiger partial charge in [-0.2, -0.15) is 0 Å². The zero-order valence-electron chi connectivity index (χ0n) is 15.5. The third kappa shape index (κ3) is 4.21. The lowest BCUT2D eigenvalue weighted by Gasteiger charge is -2.22. The minimum atomic E-state index is -3.78. The van der Waals surface area contributed by atoms with Gasteiger partial charge in [0.2, 0.25) is 0 Å². The number of carbonyl (C=O) groups is 1. The molecule has 28 heavy (non-hydrogen) atoms. The average Bonchev–Trinajstić information content (AvgIpc) is 2.74. The Bertz CT molecular complexity index is 1080. The van der Waals surface area contributed by atoms with Crippen LogP contribution in [0.3, 0.4) is 0 Å². The van der Waals surface area contributed by atoms with Gasteiger partial charge in [0.15, 0.2) is 0 Å². The van der Waals surface area contributed by atoms with E-state index in [1.165, 1.54) is 19.2 Å². The van der Waals surface area contributed by atoms with E-state index in [4.69, 9.17) is 0 Å². The number of thioether (sulfide) groups is 1. The van der Waals surface area contributed by atoms with Crippen molar-refractivity contribution in [3.8, 4) is 0 Å². The number of para-hydroxylation sites is 1. The Kier molecular flexibility index (Phi) is 6.06. The molecule has 144 valence electrons. The number of benzene rings is 3. The third-order valence-electron chi connectivity index (χ3n) is 4.22. The molecular formula is C21H20N2O3S2. The molecule has 0 atom stereocenters. The molecular weight excluding hydrogens is 392 g/mol. The highest BCUT2D eigenvalue weighted by Crippen LogP contribution is 2.27. The normalized spacial score (nSPS) is 11.1. The van der Waals surface area contributed by atoms with Crippen molar-refractivity contribution in [1.82, 2.24) is 0 Å². The molecule has 0 radical (unpaired) electrons. The standard InChI is InChI=1S/C21H20N2O3S2/c1-23(28(25,26)18-11-4-3-5-12-18)20-14-7-6-13-19(20)21(24)22-16-9-8-10-17(15-16)27-2/h3-15H,1-2H3,(H,22,24). The van der Waals surface area contributed by atoms with Gasteiger partial charge in [-0.3, -0.25) is 9.10 Å². The Morgan fingerprint density at radius 2 is 1.61 bits per heavy atom. The van der Waals surface area contributed by atoms with Crippen LogP contribution in [0.2, 0.25) is 0 Å². The minimum Gasteiger partial charge on any atom is -0.322 e. The molecule has 1 N–H and O–H groups in total. The molecule has 3 rings (SSSR count). The fourth-order valence-corrected chi connectivity index (χ4v) is 4.41. The maximum absolute atomic E-state index is 12.9. The summed E-state index contributed by atoms with van der Waals surface area (Å²) in [5.74, 6) is -0.371. The van der Waals surface area contributed by atoms with Gasteiger partial charge in [-0.15, -0.1) is 11.8 Å². The molecule has 7 heteroatoms. The molecule has 0 aliphatic heterocycles. The van der Waals surface area contributed by atoms with Crippen molar-refractivity contribution < 1.29 is 13.2 Å². The largest absolute Gasteiger partial charge is 0.322 e. The van der Waals surface area contributed by atoms with Gasteiger partial charge >= 0.3 is 0 Å². The van der Waals surface area contributed by atoms with Crippen molar-refractivity contribution in [2.24, 2.45) is 0 Å². The topological polar surface area (TPSA) is 66.5 Å². The van der Waals surface area contributed by atoms with E-state index in [1.807, 2.05) is 24.5 Å². The van der Waals surface area contributed by atoms with Gasteiger partial charge in [-0.25, -0.2) is 8.42 Å². The number of rotatable bonds is 6. The quantitative estimate of drug-likeness (QED) is 0.606. The summed E-state index contributed by atoms with van der Waals surface area (Å²) in [6, 6.07) is 22.3. The lowest BCUT2D eigenvalue weighted by molar-refractivity contribution is 0.102. The number of nitrogens with one attached hydrogen (secondary N) is 1. The molecule has 0 spiro atoms. The summed E-state index contributed by atoms with van der Waals surface area (Å²) < 4.78 is 27.0. The number of carbonyl (C=O) groups excluding carboxylic acids is 1. The summed E-state index contributed by atoms with van der Waals surface area (Å²) in [5, 5.41) is 2.85. The minimum absolute atomic E-state index is 0.167. The van der Waals surface area contributed by atoms with Crippen LogP contribution in [0.15, 0.2) is 88.7 Å². The predicted molar refractivity (Wildman–Crippen MR) is 115 cm³/mol. The van der Waals surface area contributed by atoms with Crippen molar-refractivity contribution in [2.45, 2.75) is 9.79 Å². The Morgan fingerprint density at radius 3 is 2.32 bits per heavy atom. The summed E-state index contributed by atoms with van der Waals surface area (Å²) >= 11 is 1.58. The van der Waals surface area contributed by atoms with Crippen LogP contribution >= 0.6 is 11.8 Å². The monoisotopic (exact) mass is 412 g/mol. The zero-order valence-corrected chi connectivity index (χ0v) is 17.1. The first-order chi connectivity index (χ1) is 13.4. The second kappa shape index (κ2) is 8.50. The van der Waals surface area contributed by atoms with Gasteiger partial charge in [-0.1, -0.05) is 36.4 Å². The van der Waals surface area contributed by atoms with Crippen LogP contribution < -0.4 is 9.62 Å². The van der Waals surface area contributed by atoms with Crippen molar-refractivity contribution in [1.29, 1.82) is 0 Å². The van der Waals surface area contributed by atoms with Gasteiger partial charge in [0, 0.05) is 17.6 Å². The van der Waals surface area contributed by atoms with Crippen LogP contribution in [0.25, 0.3) is 0 Å². The van der Waals surface area contributed by atoms with Gasteiger partial charge in [0.05, 0.1) is 16.1 Å². The third-order valence-corrected chi connectivity index (χ3v) is 6.73. The van der Waals surface area contributed by atoms with Crippen LogP contribution in [0.4, 0.5) is 11.4 Å². The van der Waals surface area contributed by atoms with E-state index in [9.17, 15) is 13.2 Å². The molecule has 0 saturated carbocycles. The number of sulfonamides is 1. The molecule has 0 saturated heterocycles. The number of hydrogen-bond acceptors (Lipinski definition) is 4. The van der Waals surface area contributed by atoms with Crippen LogP contribution in [-0.4, -0.2) is 27.6 Å². The molecule has 5 nitrogen and oxygen atoms in total. The van der Waals surface area contributed by atoms with Crippen LogP contribution in [0.5, 0.6) is 0 Å². The van der Waals surface area contributed by atoms with E-state index in [0.717, 1.165) is 9.20 Å². The number of anilines is 2. The predicted octanol–water partition coefficient (Wildman–Crippen LogP) is 4.49. The lowest BCUT2D eigenvalue weighted by atomic mass is 10.1. The fourth-order valence-electron chi connectivity index (χ4n) is 2.72. The highest BCUT2D eigenvalue weighted by Gasteiger charge is 2.24. The van der Waals surface area contributed by atoms with Crippen molar-refractivity contribution in [2.75, 3.05) is 22.9 Å². The highest BCUT2D eigenvalue weighted by atomic mass is 32.2. The molecule has 0 aromatic heterocycles. The zero-order chi connectivity index (χ0) is 20.1. The molecule has 1 amide bonds.